The van der Waals surface area contributed by atoms with E-state index in [1.165, 1.54) is 5.56 Å². The summed E-state index contributed by atoms with van der Waals surface area (Å²) in [7, 11) is 0. The lowest BCUT2D eigenvalue weighted by atomic mass is 10.0. The first-order valence-corrected chi connectivity index (χ1v) is 7.61. The van der Waals surface area contributed by atoms with E-state index in [1.807, 2.05) is 43.9 Å². The summed E-state index contributed by atoms with van der Waals surface area (Å²) in [4.78, 5) is 14.9. The minimum absolute atomic E-state index is 0.0411. The Morgan fingerprint density at radius 2 is 1.95 bits per heavy atom. The number of benzene rings is 1. The third kappa shape index (κ3) is 2.70. The van der Waals surface area contributed by atoms with Crippen LogP contribution >= 0.6 is 0 Å². The average Bonchev–Trinajstić information content (AvgIpc) is 3.04. The molecule has 0 radical (unpaired) electrons. The van der Waals surface area contributed by atoms with Gasteiger partial charge in [0.2, 0.25) is 0 Å². The van der Waals surface area contributed by atoms with Crippen LogP contribution in [-0.4, -0.2) is 35.3 Å². The standard InChI is InChI=1S/C17H23NO3/c1-16(2)20-12-17(3,21-16)15(19)18-11-7-10-14(18)13-8-5-4-6-9-13/h4-6,8-9,14H,7,10-12H2,1-3H3/t14?,17-/m1/s1. The van der Waals surface area contributed by atoms with Gasteiger partial charge in [0.25, 0.3) is 5.91 Å². The van der Waals surface area contributed by atoms with Gasteiger partial charge in [0.05, 0.1) is 12.6 Å². The first-order valence-electron chi connectivity index (χ1n) is 7.61. The third-order valence-corrected chi connectivity index (χ3v) is 4.32. The summed E-state index contributed by atoms with van der Waals surface area (Å²) in [6.45, 7) is 6.65. The molecule has 2 aliphatic heterocycles. The predicted octanol–water partition coefficient (Wildman–Crippen LogP) is 2.89. The van der Waals surface area contributed by atoms with Crippen molar-refractivity contribution in [3.8, 4) is 0 Å². The highest BCUT2D eigenvalue weighted by Crippen LogP contribution is 2.38. The molecule has 1 unspecified atom stereocenters. The van der Waals surface area contributed by atoms with Crippen LogP contribution in [0.3, 0.4) is 0 Å². The summed E-state index contributed by atoms with van der Waals surface area (Å²) in [5.41, 5.74) is 0.325. The van der Waals surface area contributed by atoms with E-state index in [-0.39, 0.29) is 11.9 Å². The van der Waals surface area contributed by atoms with E-state index in [0.717, 1.165) is 19.4 Å². The number of hydrogen-bond acceptors (Lipinski definition) is 3. The van der Waals surface area contributed by atoms with Crippen molar-refractivity contribution >= 4 is 5.91 Å². The van der Waals surface area contributed by atoms with Crippen LogP contribution in [0.4, 0.5) is 0 Å². The van der Waals surface area contributed by atoms with Gasteiger partial charge in [0, 0.05) is 6.54 Å². The molecular weight excluding hydrogens is 266 g/mol. The quantitative estimate of drug-likeness (QED) is 0.840. The number of nitrogens with zero attached hydrogens (tertiary/aromatic N) is 1. The highest BCUT2D eigenvalue weighted by Gasteiger charge is 2.50. The SMILES string of the molecule is CC1(C)OC[C@](C)(C(=O)N2CCCC2c2ccccc2)O1. The summed E-state index contributed by atoms with van der Waals surface area (Å²) >= 11 is 0. The van der Waals surface area contributed by atoms with Gasteiger partial charge in [-0.25, -0.2) is 0 Å². The fourth-order valence-electron chi connectivity index (χ4n) is 3.35. The predicted molar refractivity (Wildman–Crippen MR) is 79.7 cm³/mol. The molecule has 114 valence electrons. The maximum Gasteiger partial charge on any atom is 0.257 e. The van der Waals surface area contributed by atoms with Crippen molar-refractivity contribution in [2.45, 2.75) is 51.0 Å². The molecule has 1 aromatic carbocycles. The number of hydrogen-bond donors (Lipinski definition) is 0. The van der Waals surface area contributed by atoms with Crippen molar-refractivity contribution in [2.24, 2.45) is 0 Å². The molecule has 2 heterocycles. The van der Waals surface area contributed by atoms with E-state index in [9.17, 15) is 4.79 Å². The van der Waals surface area contributed by atoms with Gasteiger partial charge in [0.1, 0.15) is 0 Å². The van der Waals surface area contributed by atoms with E-state index in [2.05, 4.69) is 12.1 Å². The van der Waals surface area contributed by atoms with Crippen LogP contribution in [-0.2, 0) is 14.3 Å². The van der Waals surface area contributed by atoms with Gasteiger partial charge in [-0.05, 0) is 39.2 Å². The molecule has 21 heavy (non-hydrogen) atoms. The molecule has 0 aromatic heterocycles. The van der Waals surface area contributed by atoms with Crippen LogP contribution in [0.5, 0.6) is 0 Å². The minimum atomic E-state index is -0.874. The van der Waals surface area contributed by atoms with Crippen LogP contribution in [0.15, 0.2) is 30.3 Å². The number of carbonyl (C=O) groups is 1. The van der Waals surface area contributed by atoms with Crippen molar-refractivity contribution in [1.82, 2.24) is 4.90 Å². The average molecular weight is 289 g/mol. The van der Waals surface area contributed by atoms with Crippen molar-refractivity contribution < 1.29 is 14.3 Å². The molecule has 2 saturated heterocycles. The van der Waals surface area contributed by atoms with E-state index < -0.39 is 11.4 Å². The molecule has 0 saturated carbocycles. The van der Waals surface area contributed by atoms with Crippen molar-refractivity contribution in [2.75, 3.05) is 13.2 Å². The van der Waals surface area contributed by atoms with E-state index in [4.69, 9.17) is 9.47 Å². The molecule has 0 bridgehead atoms. The Kier molecular flexibility index (Phi) is 3.54. The van der Waals surface area contributed by atoms with Gasteiger partial charge in [-0.3, -0.25) is 4.79 Å². The Hall–Kier alpha value is -1.39. The van der Waals surface area contributed by atoms with Crippen molar-refractivity contribution in [1.29, 1.82) is 0 Å². The normalized spacial score (nSPS) is 31.6. The Morgan fingerprint density at radius 3 is 2.57 bits per heavy atom. The first-order chi connectivity index (χ1) is 9.91. The van der Waals surface area contributed by atoms with E-state index in [1.54, 1.807) is 0 Å². The second-order valence-electron chi connectivity index (χ2n) is 6.59. The number of rotatable bonds is 2. The number of ether oxygens (including phenoxy) is 2. The zero-order valence-corrected chi connectivity index (χ0v) is 13.0. The molecule has 0 N–H and O–H groups in total. The summed E-state index contributed by atoms with van der Waals surface area (Å²) < 4.78 is 11.5. The summed E-state index contributed by atoms with van der Waals surface area (Å²) in [5.74, 6) is -0.647. The molecule has 1 amide bonds. The second-order valence-corrected chi connectivity index (χ2v) is 6.59. The Balaban J connectivity index is 1.81. The smallest absolute Gasteiger partial charge is 0.257 e. The monoisotopic (exact) mass is 289 g/mol. The summed E-state index contributed by atoms with van der Waals surface area (Å²) in [5, 5.41) is 0. The molecule has 2 fully saturated rings. The Labute approximate surface area is 126 Å². The lowest BCUT2D eigenvalue weighted by molar-refractivity contribution is -0.177. The highest BCUT2D eigenvalue weighted by atomic mass is 16.8. The molecule has 4 nitrogen and oxygen atoms in total. The van der Waals surface area contributed by atoms with E-state index in [0.29, 0.717) is 6.61 Å². The molecule has 1 aromatic rings. The first kappa shape index (κ1) is 14.5. The molecule has 4 heteroatoms. The topological polar surface area (TPSA) is 38.8 Å². The van der Waals surface area contributed by atoms with Gasteiger partial charge in [-0.1, -0.05) is 30.3 Å². The zero-order chi connectivity index (χ0) is 15.1. The van der Waals surface area contributed by atoms with Crippen LogP contribution in [0.1, 0.15) is 45.2 Å². The number of likely N-dealkylation sites (tertiary alicyclic amines) is 1. The fraction of sp³-hybridized carbons (Fsp3) is 0.588. The lowest BCUT2D eigenvalue weighted by Gasteiger charge is -2.32. The van der Waals surface area contributed by atoms with Crippen molar-refractivity contribution in [3.05, 3.63) is 35.9 Å². The summed E-state index contributed by atoms with van der Waals surface area (Å²) in [6.07, 6.45) is 2.04. The molecule has 2 aliphatic rings. The van der Waals surface area contributed by atoms with Crippen LogP contribution in [0, 0.1) is 0 Å². The van der Waals surface area contributed by atoms with Gasteiger partial charge < -0.3 is 14.4 Å². The largest absolute Gasteiger partial charge is 0.347 e. The van der Waals surface area contributed by atoms with Gasteiger partial charge >= 0.3 is 0 Å². The maximum absolute atomic E-state index is 13.0. The molecule has 2 atom stereocenters. The number of amides is 1. The highest BCUT2D eigenvalue weighted by molar-refractivity contribution is 5.86. The van der Waals surface area contributed by atoms with Gasteiger partial charge in [-0.2, -0.15) is 0 Å². The van der Waals surface area contributed by atoms with Crippen LogP contribution < -0.4 is 0 Å². The van der Waals surface area contributed by atoms with Crippen LogP contribution in [0.2, 0.25) is 0 Å². The fourth-order valence-corrected chi connectivity index (χ4v) is 3.35. The molecular formula is C17H23NO3. The second kappa shape index (κ2) is 5.11. The maximum atomic E-state index is 13.0. The third-order valence-electron chi connectivity index (χ3n) is 4.32. The number of carbonyl (C=O) groups excluding carboxylic acids is 1. The Bertz CT molecular complexity index is 528. The molecule has 0 aliphatic carbocycles. The van der Waals surface area contributed by atoms with Gasteiger partial charge in [-0.15, -0.1) is 0 Å². The summed E-state index contributed by atoms with van der Waals surface area (Å²) in [6, 6.07) is 10.4. The van der Waals surface area contributed by atoms with Gasteiger partial charge in [0.15, 0.2) is 11.4 Å². The molecule has 0 spiro atoms. The van der Waals surface area contributed by atoms with Crippen molar-refractivity contribution in [3.63, 3.8) is 0 Å². The molecule has 3 rings (SSSR count). The lowest BCUT2D eigenvalue weighted by Crippen LogP contribution is -2.49. The van der Waals surface area contributed by atoms with E-state index >= 15 is 0 Å². The zero-order valence-electron chi connectivity index (χ0n) is 13.0. The Morgan fingerprint density at radius 1 is 1.24 bits per heavy atom. The minimum Gasteiger partial charge on any atom is -0.347 e. The van der Waals surface area contributed by atoms with Crippen LogP contribution in [0.25, 0.3) is 0 Å².